The highest BCUT2D eigenvalue weighted by Crippen LogP contribution is 2.34. The number of hydrogen-bond donors (Lipinski definition) is 2. The van der Waals surface area contributed by atoms with Crippen molar-refractivity contribution in [1.29, 1.82) is 0 Å². The number of pyridine rings is 1. The minimum atomic E-state index is -0.232. The van der Waals surface area contributed by atoms with Crippen molar-refractivity contribution in [2.24, 2.45) is 0 Å². The first kappa shape index (κ1) is 30.7. The average Bonchev–Trinajstić information content (AvgIpc) is 2.94. The number of carbonyl (C=O) groups excluding carboxylic acids is 1. The number of benzene rings is 2. The van der Waals surface area contributed by atoms with Crippen LogP contribution in [0.3, 0.4) is 0 Å². The standard InChI is InChI=1S/C33H43ClN4O3/c1-7-38(27-13-11-26(12-14-27)37(5)20-24-9-8-10-28(16-24)41-6)31-18-25(34)17-29(22(31)3)33(40)35-19-30-23(4)36-21(2)15-32(30)39/h8-10,15-18,26-27H,7,11-14,19-20H2,1-6H3,(H,35,40)(H,36,39)/t26-,27-. The quantitative estimate of drug-likeness (QED) is 0.301. The first-order chi connectivity index (χ1) is 19.6. The van der Waals surface area contributed by atoms with E-state index in [0.717, 1.165) is 67.2 Å². The number of amides is 1. The summed E-state index contributed by atoms with van der Waals surface area (Å²) in [4.78, 5) is 33.8. The lowest BCUT2D eigenvalue weighted by atomic mass is 9.88. The summed E-state index contributed by atoms with van der Waals surface area (Å²) in [5.41, 5.74) is 5.75. The third-order valence-electron chi connectivity index (χ3n) is 8.44. The van der Waals surface area contributed by atoms with Crippen LogP contribution in [0.2, 0.25) is 5.02 Å². The Hall–Kier alpha value is -3.29. The van der Waals surface area contributed by atoms with E-state index in [-0.39, 0.29) is 17.9 Å². The Morgan fingerprint density at radius 1 is 1.07 bits per heavy atom. The van der Waals surface area contributed by atoms with Crippen LogP contribution in [0, 0.1) is 20.8 Å². The van der Waals surface area contributed by atoms with Crippen molar-refractivity contribution in [3.63, 3.8) is 0 Å². The molecule has 3 aromatic rings. The van der Waals surface area contributed by atoms with Crippen molar-refractivity contribution in [2.45, 2.75) is 78.6 Å². The number of halogens is 1. The van der Waals surface area contributed by atoms with Gasteiger partial charge in [0.1, 0.15) is 5.75 Å². The van der Waals surface area contributed by atoms with E-state index in [9.17, 15) is 9.59 Å². The summed E-state index contributed by atoms with van der Waals surface area (Å²) in [6.07, 6.45) is 4.37. The first-order valence-corrected chi connectivity index (χ1v) is 14.9. The smallest absolute Gasteiger partial charge is 0.251 e. The van der Waals surface area contributed by atoms with Gasteiger partial charge in [-0.25, -0.2) is 0 Å². The fourth-order valence-corrected chi connectivity index (χ4v) is 6.39. The van der Waals surface area contributed by atoms with Gasteiger partial charge in [-0.15, -0.1) is 0 Å². The van der Waals surface area contributed by atoms with E-state index in [1.54, 1.807) is 19.2 Å². The molecule has 220 valence electrons. The van der Waals surface area contributed by atoms with Gasteiger partial charge in [0, 0.05) is 71.0 Å². The van der Waals surface area contributed by atoms with Crippen LogP contribution >= 0.6 is 11.6 Å². The Morgan fingerprint density at radius 2 is 1.78 bits per heavy atom. The van der Waals surface area contributed by atoms with Crippen LogP contribution in [0.1, 0.15) is 71.0 Å². The molecule has 0 spiro atoms. The normalized spacial score (nSPS) is 17.0. The number of aryl methyl sites for hydroxylation is 2. The van der Waals surface area contributed by atoms with Crippen molar-refractivity contribution in [1.82, 2.24) is 15.2 Å². The Bertz CT molecular complexity index is 1430. The molecule has 1 heterocycles. The van der Waals surface area contributed by atoms with E-state index >= 15 is 0 Å². The van der Waals surface area contributed by atoms with Gasteiger partial charge in [0.25, 0.3) is 5.91 Å². The minimum absolute atomic E-state index is 0.0792. The van der Waals surface area contributed by atoms with Gasteiger partial charge in [0.2, 0.25) is 0 Å². The fraction of sp³-hybridized carbons (Fsp3) is 0.455. The van der Waals surface area contributed by atoms with Crippen molar-refractivity contribution in [3.8, 4) is 5.75 Å². The Balaban J connectivity index is 1.44. The summed E-state index contributed by atoms with van der Waals surface area (Å²) in [5.74, 6) is 0.659. The van der Waals surface area contributed by atoms with Crippen LogP contribution in [-0.4, -0.2) is 48.6 Å². The molecule has 0 radical (unpaired) electrons. The number of hydrogen-bond acceptors (Lipinski definition) is 5. The molecule has 1 amide bonds. The third kappa shape index (κ3) is 7.32. The lowest BCUT2D eigenvalue weighted by Gasteiger charge is -2.41. The lowest BCUT2D eigenvalue weighted by molar-refractivity contribution is 0.0950. The molecule has 4 rings (SSSR count). The number of carbonyl (C=O) groups is 1. The molecule has 1 aliphatic rings. The Labute approximate surface area is 248 Å². The second-order valence-corrected chi connectivity index (χ2v) is 11.7. The number of rotatable bonds is 10. The van der Waals surface area contributed by atoms with Crippen LogP contribution in [0.5, 0.6) is 5.75 Å². The SMILES string of the molecule is CCN(c1cc(Cl)cc(C(=O)NCc2c(C)[nH]c(C)cc2=O)c1C)[C@H]1CC[C@H](N(C)Cc2cccc(OC)c2)CC1. The van der Waals surface area contributed by atoms with Gasteiger partial charge in [0.05, 0.1) is 7.11 Å². The molecule has 0 unspecified atom stereocenters. The van der Waals surface area contributed by atoms with E-state index in [1.165, 1.54) is 5.56 Å². The average molecular weight is 579 g/mol. The van der Waals surface area contributed by atoms with Crippen LogP contribution in [0.15, 0.2) is 47.3 Å². The molecular weight excluding hydrogens is 536 g/mol. The molecular formula is C33H43ClN4O3. The number of methoxy groups -OCH3 is 1. The molecule has 0 aliphatic heterocycles. The zero-order valence-electron chi connectivity index (χ0n) is 25.1. The van der Waals surface area contributed by atoms with E-state index < -0.39 is 0 Å². The van der Waals surface area contributed by atoms with Gasteiger partial charge >= 0.3 is 0 Å². The number of nitrogens with zero attached hydrogens (tertiary/aromatic N) is 2. The van der Waals surface area contributed by atoms with Crippen molar-refractivity contribution >= 4 is 23.2 Å². The van der Waals surface area contributed by atoms with Crippen molar-refractivity contribution < 1.29 is 9.53 Å². The molecule has 0 atom stereocenters. The van der Waals surface area contributed by atoms with E-state index in [0.29, 0.717) is 28.2 Å². The summed E-state index contributed by atoms with van der Waals surface area (Å²) >= 11 is 6.58. The zero-order chi connectivity index (χ0) is 29.7. The summed E-state index contributed by atoms with van der Waals surface area (Å²) in [7, 11) is 3.91. The molecule has 2 N–H and O–H groups in total. The highest BCUT2D eigenvalue weighted by molar-refractivity contribution is 6.31. The molecule has 0 bridgehead atoms. The predicted octanol–water partition coefficient (Wildman–Crippen LogP) is 6.16. The molecule has 1 aromatic heterocycles. The lowest BCUT2D eigenvalue weighted by Crippen LogP contribution is -2.43. The zero-order valence-corrected chi connectivity index (χ0v) is 25.9. The molecule has 7 nitrogen and oxygen atoms in total. The summed E-state index contributed by atoms with van der Waals surface area (Å²) in [6.45, 7) is 9.73. The second kappa shape index (κ2) is 13.6. The number of aromatic nitrogens is 1. The highest BCUT2D eigenvalue weighted by atomic mass is 35.5. The topological polar surface area (TPSA) is 77.7 Å². The van der Waals surface area contributed by atoms with Gasteiger partial charge in [0.15, 0.2) is 5.43 Å². The van der Waals surface area contributed by atoms with Crippen molar-refractivity contribution in [3.05, 3.63) is 91.4 Å². The molecule has 0 saturated heterocycles. The number of ether oxygens (including phenoxy) is 1. The van der Waals surface area contributed by atoms with Crippen molar-refractivity contribution in [2.75, 3.05) is 25.6 Å². The van der Waals surface area contributed by atoms with E-state index in [4.69, 9.17) is 16.3 Å². The molecule has 1 fully saturated rings. The summed E-state index contributed by atoms with van der Waals surface area (Å²) in [5, 5.41) is 3.48. The van der Waals surface area contributed by atoms with Gasteiger partial charge < -0.3 is 19.9 Å². The Kier molecular flexibility index (Phi) is 10.2. The van der Waals surface area contributed by atoms with E-state index in [1.807, 2.05) is 39.0 Å². The number of anilines is 1. The molecule has 2 aromatic carbocycles. The fourth-order valence-electron chi connectivity index (χ4n) is 6.18. The summed E-state index contributed by atoms with van der Waals surface area (Å²) < 4.78 is 5.39. The monoisotopic (exact) mass is 578 g/mol. The van der Waals surface area contributed by atoms with E-state index in [2.05, 4.69) is 46.2 Å². The third-order valence-corrected chi connectivity index (χ3v) is 8.66. The number of nitrogens with one attached hydrogen (secondary N) is 2. The molecule has 1 aliphatic carbocycles. The minimum Gasteiger partial charge on any atom is -0.497 e. The van der Waals surface area contributed by atoms with Crippen LogP contribution in [0.4, 0.5) is 5.69 Å². The van der Waals surface area contributed by atoms with Gasteiger partial charge in [-0.2, -0.15) is 0 Å². The van der Waals surface area contributed by atoms with Gasteiger partial charge in [-0.1, -0.05) is 23.7 Å². The van der Waals surface area contributed by atoms with Crippen LogP contribution in [0.25, 0.3) is 0 Å². The molecule has 8 heteroatoms. The maximum atomic E-state index is 13.3. The molecule has 1 saturated carbocycles. The van der Waals surface area contributed by atoms with Gasteiger partial charge in [-0.3, -0.25) is 14.5 Å². The maximum Gasteiger partial charge on any atom is 0.251 e. The number of aromatic amines is 1. The summed E-state index contributed by atoms with van der Waals surface area (Å²) in [6, 6.07) is 14.4. The maximum absolute atomic E-state index is 13.3. The highest BCUT2D eigenvalue weighted by Gasteiger charge is 2.29. The predicted molar refractivity (Wildman–Crippen MR) is 167 cm³/mol. The second-order valence-electron chi connectivity index (χ2n) is 11.2. The Morgan fingerprint density at radius 3 is 2.44 bits per heavy atom. The van der Waals surface area contributed by atoms with Crippen LogP contribution in [-0.2, 0) is 13.1 Å². The van der Waals surface area contributed by atoms with Crippen LogP contribution < -0.4 is 20.4 Å². The number of H-pyrrole nitrogens is 1. The largest absolute Gasteiger partial charge is 0.497 e. The first-order valence-electron chi connectivity index (χ1n) is 14.5. The molecule has 41 heavy (non-hydrogen) atoms. The van der Waals surface area contributed by atoms with Gasteiger partial charge in [-0.05, 0) is 95.8 Å².